The first-order valence-corrected chi connectivity index (χ1v) is 11.7. The standard InChI is InChI=1S/C26H30N2O6/c29-24(28-14-11-18(12-15-28)33-17-25(30)31)10-5-13-27-26(32)34-16-23-21-8-3-1-6-19(21)20-7-2-4-9-22(20)23/h1-4,6-9,18,23H,5,10-17H2,(H,27,32)(H,30,31). The van der Waals surface area contributed by atoms with Gasteiger partial charge in [-0.2, -0.15) is 0 Å². The molecular formula is C26H30N2O6. The van der Waals surface area contributed by atoms with Crippen LogP contribution in [0.3, 0.4) is 0 Å². The summed E-state index contributed by atoms with van der Waals surface area (Å²) in [6.07, 6.45) is 1.54. The molecule has 0 unspecified atom stereocenters. The van der Waals surface area contributed by atoms with Gasteiger partial charge in [-0.15, -0.1) is 0 Å². The minimum Gasteiger partial charge on any atom is -0.480 e. The SMILES string of the molecule is O=C(O)COC1CCN(C(=O)CCCNC(=O)OCC2c3ccccc3-c3ccccc32)CC1. The van der Waals surface area contributed by atoms with Crippen LogP contribution in [0.15, 0.2) is 48.5 Å². The molecule has 0 radical (unpaired) electrons. The zero-order chi connectivity index (χ0) is 23.9. The lowest BCUT2D eigenvalue weighted by Crippen LogP contribution is -2.41. The Labute approximate surface area is 198 Å². The normalized spacial score (nSPS) is 15.5. The van der Waals surface area contributed by atoms with Crippen LogP contribution in [-0.4, -0.2) is 66.9 Å². The zero-order valence-electron chi connectivity index (χ0n) is 19.1. The lowest BCUT2D eigenvalue weighted by atomic mass is 9.98. The summed E-state index contributed by atoms with van der Waals surface area (Å²) in [5.41, 5.74) is 4.70. The number of carboxylic acids is 1. The zero-order valence-corrected chi connectivity index (χ0v) is 19.1. The molecule has 0 aromatic heterocycles. The molecule has 4 rings (SSSR count). The van der Waals surface area contributed by atoms with E-state index in [-0.39, 0.29) is 31.1 Å². The lowest BCUT2D eigenvalue weighted by molar-refractivity contribution is -0.146. The van der Waals surface area contributed by atoms with Crippen molar-refractivity contribution >= 4 is 18.0 Å². The summed E-state index contributed by atoms with van der Waals surface area (Å²) in [5.74, 6) is -0.935. The monoisotopic (exact) mass is 466 g/mol. The molecule has 8 nitrogen and oxygen atoms in total. The predicted octanol–water partition coefficient (Wildman–Crippen LogP) is 3.40. The summed E-state index contributed by atoms with van der Waals surface area (Å²) >= 11 is 0. The van der Waals surface area contributed by atoms with E-state index in [2.05, 4.69) is 29.6 Å². The van der Waals surface area contributed by atoms with E-state index in [1.807, 2.05) is 24.3 Å². The highest BCUT2D eigenvalue weighted by atomic mass is 16.5. The number of benzene rings is 2. The van der Waals surface area contributed by atoms with Crippen molar-refractivity contribution in [3.8, 4) is 11.1 Å². The van der Waals surface area contributed by atoms with Crippen molar-refractivity contribution in [1.29, 1.82) is 0 Å². The third kappa shape index (κ3) is 5.75. The number of carbonyl (C=O) groups excluding carboxylic acids is 2. The number of fused-ring (bicyclic) bond motifs is 3. The predicted molar refractivity (Wildman–Crippen MR) is 125 cm³/mol. The van der Waals surface area contributed by atoms with E-state index >= 15 is 0 Å². The Hall–Kier alpha value is -3.39. The Morgan fingerprint density at radius 1 is 0.971 bits per heavy atom. The molecule has 2 N–H and O–H groups in total. The number of hydrogen-bond acceptors (Lipinski definition) is 5. The van der Waals surface area contributed by atoms with Crippen LogP contribution < -0.4 is 5.32 Å². The first-order valence-electron chi connectivity index (χ1n) is 11.7. The van der Waals surface area contributed by atoms with Gasteiger partial charge in [0, 0.05) is 32.0 Å². The third-order valence-electron chi connectivity index (χ3n) is 6.42. The second-order valence-corrected chi connectivity index (χ2v) is 8.64. The number of piperidine rings is 1. The van der Waals surface area contributed by atoms with Crippen LogP contribution in [0.1, 0.15) is 42.7 Å². The summed E-state index contributed by atoms with van der Waals surface area (Å²) in [6.45, 7) is 1.43. The maximum absolute atomic E-state index is 12.4. The molecule has 2 aromatic carbocycles. The quantitative estimate of drug-likeness (QED) is 0.549. The molecule has 34 heavy (non-hydrogen) atoms. The lowest BCUT2D eigenvalue weighted by Gasteiger charge is -2.31. The second kappa shape index (κ2) is 11.2. The Kier molecular flexibility index (Phi) is 7.80. The molecule has 180 valence electrons. The molecular weight excluding hydrogens is 436 g/mol. The summed E-state index contributed by atoms with van der Waals surface area (Å²) in [7, 11) is 0. The van der Waals surface area contributed by atoms with Crippen molar-refractivity contribution in [1.82, 2.24) is 10.2 Å². The highest BCUT2D eigenvalue weighted by Gasteiger charge is 2.29. The third-order valence-corrected chi connectivity index (χ3v) is 6.42. The molecule has 2 amide bonds. The van der Waals surface area contributed by atoms with Crippen LogP contribution in [0.4, 0.5) is 4.79 Å². The largest absolute Gasteiger partial charge is 0.480 e. The highest BCUT2D eigenvalue weighted by molar-refractivity contribution is 5.79. The van der Waals surface area contributed by atoms with Gasteiger partial charge in [-0.05, 0) is 41.5 Å². The minimum absolute atomic E-state index is 0.0159. The van der Waals surface area contributed by atoms with Gasteiger partial charge < -0.3 is 24.8 Å². The Bertz CT molecular complexity index is 986. The average Bonchev–Trinajstić information content (AvgIpc) is 3.18. The van der Waals surface area contributed by atoms with Gasteiger partial charge in [0.05, 0.1) is 6.10 Å². The minimum atomic E-state index is -0.984. The van der Waals surface area contributed by atoms with E-state index in [0.717, 1.165) is 0 Å². The highest BCUT2D eigenvalue weighted by Crippen LogP contribution is 2.44. The van der Waals surface area contributed by atoms with E-state index in [1.165, 1.54) is 22.3 Å². The maximum Gasteiger partial charge on any atom is 0.407 e. The number of carbonyl (C=O) groups is 3. The van der Waals surface area contributed by atoms with Crippen molar-refractivity contribution in [3.63, 3.8) is 0 Å². The van der Waals surface area contributed by atoms with Crippen LogP contribution in [0.2, 0.25) is 0 Å². The van der Waals surface area contributed by atoms with Crippen LogP contribution in [0.25, 0.3) is 11.1 Å². The van der Waals surface area contributed by atoms with E-state index in [4.69, 9.17) is 14.6 Å². The van der Waals surface area contributed by atoms with E-state index in [9.17, 15) is 14.4 Å². The van der Waals surface area contributed by atoms with Gasteiger partial charge >= 0.3 is 12.1 Å². The fourth-order valence-corrected chi connectivity index (χ4v) is 4.70. The summed E-state index contributed by atoms with van der Waals surface area (Å²) in [5, 5.41) is 11.4. The molecule has 8 heteroatoms. The molecule has 2 aromatic rings. The van der Waals surface area contributed by atoms with Gasteiger partial charge in [0.1, 0.15) is 13.2 Å². The van der Waals surface area contributed by atoms with Crippen LogP contribution in [0, 0.1) is 0 Å². The van der Waals surface area contributed by atoms with Gasteiger partial charge in [0.15, 0.2) is 0 Å². The second-order valence-electron chi connectivity index (χ2n) is 8.64. The number of nitrogens with one attached hydrogen (secondary N) is 1. The Morgan fingerprint density at radius 3 is 2.21 bits per heavy atom. The maximum atomic E-state index is 12.4. The number of alkyl carbamates (subject to hydrolysis) is 1. The van der Waals surface area contributed by atoms with Gasteiger partial charge in [0.2, 0.25) is 5.91 Å². The van der Waals surface area contributed by atoms with Crippen molar-refractivity contribution in [2.75, 3.05) is 32.8 Å². The van der Waals surface area contributed by atoms with E-state index < -0.39 is 12.1 Å². The van der Waals surface area contributed by atoms with Crippen LogP contribution in [-0.2, 0) is 19.1 Å². The topological polar surface area (TPSA) is 105 Å². The number of nitrogens with zero attached hydrogens (tertiary/aromatic N) is 1. The number of rotatable bonds is 9. The van der Waals surface area contributed by atoms with Gasteiger partial charge in [-0.3, -0.25) is 4.79 Å². The van der Waals surface area contributed by atoms with Gasteiger partial charge in [-0.1, -0.05) is 48.5 Å². The van der Waals surface area contributed by atoms with Crippen LogP contribution in [0.5, 0.6) is 0 Å². The molecule has 0 spiro atoms. The number of amides is 2. The van der Waals surface area contributed by atoms with Crippen LogP contribution >= 0.6 is 0 Å². The van der Waals surface area contributed by atoms with Gasteiger partial charge in [0.25, 0.3) is 0 Å². The molecule has 1 heterocycles. The molecule has 1 fully saturated rings. The van der Waals surface area contributed by atoms with Crippen molar-refractivity contribution in [3.05, 3.63) is 59.7 Å². The fraction of sp³-hybridized carbons (Fsp3) is 0.423. The van der Waals surface area contributed by atoms with Crippen molar-refractivity contribution < 1.29 is 29.0 Å². The Balaban J connectivity index is 1.15. The molecule has 1 aliphatic carbocycles. The molecule has 0 saturated carbocycles. The summed E-state index contributed by atoms with van der Waals surface area (Å²) in [6, 6.07) is 16.4. The number of ether oxygens (including phenoxy) is 2. The Morgan fingerprint density at radius 2 is 1.59 bits per heavy atom. The molecule has 1 aliphatic heterocycles. The number of likely N-dealkylation sites (tertiary alicyclic amines) is 1. The molecule has 0 bridgehead atoms. The van der Waals surface area contributed by atoms with Crippen molar-refractivity contribution in [2.45, 2.75) is 37.7 Å². The van der Waals surface area contributed by atoms with Gasteiger partial charge in [-0.25, -0.2) is 9.59 Å². The number of carboxylic acid groups (broad SMARTS) is 1. The summed E-state index contributed by atoms with van der Waals surface area (Å²) in [4.78, 5) is 37.0. The first-order chi connectivity index (χ1) is 16.5. The summed E-state index contributed by atoms with van der Waals surface area (Å²) < 4.78 is 10.8. The first kappa shape index (κ1) is 23.8. The molecule has 2 aliphatic rings. The molecule has 0 atom stereocenters. The fourth-order valence-electron chi connectivity index (χ4n) is 4.70. The number of aliphatic carboxylic acids is 1. The van der Waals surface area contributed by atoms with E-state index in [1.54, 1.807) is 4.90 Å². The molecule has 1 saturated heterocycles. The number of hydrogen-bond donors (Lipinski definition) is 2. The van der Waals surface area contributed by atoms with Crippen molar-refractivity contribution in [2.24, 2.45) is 0 Å². The van der Waals surface area contributed by atoms with E-state index in [0.29, 0.717) is 45.3 Å². The smallest absolute Gasteiger partial charge is 0.407 e. The average molecular weight is 467 g/mol.